The molecule has 2 amide bonds. The van der Waals surface area contributed by atoms with Gasteiger partial charge in [-0.25, -0.2) is 18.4 Å². The lowest BCUT2D eigenvalue weighted by atomic mass is 9.35. The fourth-order valence-corrected chi connectivity index (χ4v) is 9.30. The van der Waals surface area contributed by atoms with Crippen LogP contribution < -0.4 is 5.32 Å². The quantitative estimate of drug-likeness (QED) is 0.526. The van der Waals surface area contributed by atoms with Crippen LogP contribution in [0.2, 0.25) is 5.02 Å². The largest absolute Gasteiger partial charge is 0.291 e. The number of fused-ring (bicyclic) bond motifs is 1. The van der Waals surface area contributed by atoms with Gasteiger partial charge in [0.25, 0.3) is 5.91 Å². The monoisotopic (exact) mass is 507 g/mol. The minimum absolute atomic E-state index is 0.0813. The number of sulfone groups is 1. The predicted molar refractivity (Wildman–Crippen MR) is 123 cm³/mol. The van der Waals surface area contributed by atoms with Crippen molar-refractivity contribution in [2.24, 2.45) is 5.41 Å². The number of amides is 2. The lowest BCUT2D eigenvalue weighted by Gasteiger charge is -2.68. The average Bonchev–Trinajstić information content (AvgIpc) is 3.15. The van der Waals surface area contributed by atoms with E-state index in [4.69, 9.17) is 16.6 Å². The number of thiazole rings is 2. The van der Waals surface area contributed by atoms with Gasteiger partial charge in [-0.3, -0.25) is 14.9 Å². The number of rotatable bonds is 5. The number of hydrogen-bond donors (Lipinski definition) is 1. The number of aromatic nitrogens is 2. The van der Waals surface area contributed by atoms with E-state index in [0.717, 1.165) is 26.6 Å². The molecule has 166 valence electrons. The van der Waals surface area contributed by atoms with Gasteiger partial charge in [-0.2, -0.15) is 0 Å². The first-order valence-corrected chi connectivity index (χ1v) is 14.0. The van der Waals surface area contributed by atoms with E-state index in [1.54, 1.807) is 11.3 Å². The first-order chi connectivity index (χ1) is 15.1. The van der Waals surface area contributed by atoms with Crippen molar-refractivity contribution in [1.29, 1.82) is 0 Å². The third-order valence-electron chi connectivity index (χ3n) is 7.08. The Morgan fingerprint density at radius 3 is 2.50 bits per heavy atom. The SMILES string of the molecule is CS(=O)(=O)C1(c2ncc(C(=O)NC(=O)C34CC(c5nc6ccc(Cl)cc6s5)(C3)C4)s2)CC1. The molecule has 4 saturated carbocycles. The van der Waals surface area contributed by atoms with Crippen LogP contribution in [0.15, 0.2) is 24.4 Å². The minimum Gasteiger partial charge on any atom is -0.291 e. The summed E-state index contributed by atoms with van der Waals surface area (Å²) in [5, 5.41) is 4.64. The zero-order valence-corrected chi connectivity index (χ0v) is 20.2. The van der Waals surface area contributed by atoms with Gasteiger partial charge in [0, 0.05) is 16.7 Å². The van der Waals surface area contributed by atoms with E-state index in [9.17, 15) is 18.0 Å². The first-order valence-electron chi connectivity index (χ1n) is 10.1. The van der Waals surface area contributed by atoms with Crippen molar-refractivity contribution in [3.05, 3.63) is 44.3 Å². The molecule has 2 heterocycles. The van der Waals surface area contributed by atoms with E-state index >= 15 is 0 Å². The zero-order valence-electron chi connectivity index (χ0n) is 17.0. The third-order valence-corrected chi connectivity index (χ3v) is 11.9. The molecule has 3 aromatic rings. The van der Waals surface area contributed by atoms with Gasteiger partial charge in [-0.1, -0.05) is 11.6 Å². The van der Waals surface area contributed by atoms with Crippen molar-refractivity contribution in [1.82, 2.24) is 15.3 Å². The van der Waals surface area contributed by atoms with Crippen LogP contribution in [-0.2, 0) is 24.8 Å². The number of nitrogens with one attached hydrogen (secondary N) is 1. The molecule has 1 aromatic carbocycles. The van der Waals surface area contributed by atoms with Crippen molar-refractivity contribution in [2.75, 3.05) is 6.26 Å². The Morgan fingerprint density at radius 1 is 1.12 bits per heavy atom. The van der Waals surface area contributed by atoms with Gasteiger partial charge in [0.15, 0.2) is 9.84 Å². The molecule has 32 heavy (non-hydrogen) atoms. The van der Waals surface area contributed by atoms with Crippen molar-refractivity contribution in [3.63, 3.8) is 0 Å². The molecule has 0 radical (unpaired) electrons. The second-order valence-electron chi connectivity index (χ2n) is 9.30. The molecule has 4 aliphatic carbocycles. The Kier molecular flexibility index (Phi) is 4.12. The molecule has 2 bridgehead atoms. The fourth-order valence-electron chi connectivity index (χ4n) is 5.12. The second-order valence-corrected chi connectivity index (χ2v) is 14.1. The molecule has 7 nitrogen and oxygen atoms in total. The second kappa shape index (κ2) is 6.37. The topological polar surface area (TPSA) is 106 Å². The number of benzene rings is 1. The summed E-state index contributed by atoms with van der Waals surface area (Å²) in [7, 11) is -3.30. The predicted octanol–water partition coefficient (Wildman–Crippen LogP) is 3.82. The smallest absolute Gasteiger partial charge is 0.269 e. The van der Waals surface area contributed by atoms with Gasteiger partial charge in [0.1, 0.15) is 19.6 Å². The number of halogens is 1. The minimum atomic E-state index is -3.30. The lowest BCUT2D eigenvalue weighted by Crippen LogP contribution is -2.70. The van der Waals surface area contributed by atoms with Crippen molar-refractivity contribution >= 4 is 66.1 Å². The molecule has 0 unspecified atom stereocenters. The number of carbonyl (C=O) groups is 2. The number of nitrogens with zero attached hydrogens (tertiary/aromatic N) is 2. The maximum absolute atomic E-state index is 12.9. The fraction of sp³-hybridized carbons (Fsp3) is 0.429. The Labute approximate surface area is 197 Å². The van der Waals surface area contributed by atoms with Crippen LogP contribution in [0.25, 0.3) is 10.2 Å². The van der Waals surface area contributed by atoms with Crippen LogP contribution in [0.3, 0.4) is 0 Å². The van der Waals surface area contributed by atoms with E-state index in [1.165, 1.54) is 12.5 Å². The Bertz CT molecular complexity index is 1420. The van der Waals surface area contributed by atoms with Crippen LogP contribution >= 0.6 is 34.3 Å². The van der Waals surface area contributed by atoms with Crippen molar-refractivity contribution in [2.45, 2.75) is 42.3 Å². The molecule has 11 heteroatoms. The standard InChI is InChI=1S/C21H18ClN3O4S3/c1-32(28,29)21(4-5-21)18-23-7-14(31-18)15(26)25-16(27)19-8-20(9-19,10-19)17-24-12-3-2-11(22)6-13(12)30-17/h2-3,6-7H,4-5,8-10H2,1H3,(H,25,26,27). The molecule has 4 aliphatic rings. The van der Waals surface area contributed by atoms with Gasteiger partial charge in [0.05, 0.1) is 21.8 Å². The van der Waals surface area contributed by atoms with Gasteiger partial charge < -0.3 is 0 Å². The third kappa shape index (κ3) is 2.79. The highest BCUT2D eigenvalue weighted by atomic mass is 35.5. The van der Waals surface area contributed by atoms with E-state index in [-0.39, 0.29) is 16.2 Å². The normalized spacial score (nSPS) is 27.4. The maximum Gasteiger partial charge on any atom is 0.269 e. The molecule has 7 rings (SSSR count). The Balaban J connectivity index is 1.13. The highest BCUT2D eigenvalue weighted by Gasteiger charge is 2.73. The summed E-state index contributed by atoms with van der Waals surface area (Å²) in [6.45, 7) is 0. The Hall–Kier alpha value is -1.88. The van der Waals surface area contributed by atoms with Gasteiger partial charge in [-0.15, -0.1) is 22.7 Å². The lowest BCUT2D eigenvalue weighted by molar-refractivity contribution is -0.174. The summed E-state index contributed by atoms with van der Waals surface area (Å²) in [6, 6.07) is 5.63. The molecule has 2 aromatic heterocycles. The van der Waals surface area contributed by atoms with Crippen LogP contribution in [0.5, 0.6) is 0 Å². The van der Waals surface area contributed by atoms with E-state index in [1.807, 2.05) is 18.2 Å². The summed E-state index contributed by atoms with van der Waals surface area (Å²) in [4.78, 5) is 34.7. The summed E-state index contributed by atoms with van der Waals surface area (Å²) >= 11 is 8.75. The molecule has 0 aliphatic heterocycles. The van der Waals surface area contributed by atoms with Gasteiger partial charge >= 0.3 is 0 Å². The summed E-state index contributed by atoms with van der Waals surface area (Å²) in [5.74, 6) is -0.788. The van der Waals surface area contributed by atoms with Gasteiger partial charge in [-0.05, 0) is 50.3 Å². The molecular formula is C21H18ClN3O4S3. The van der Waals surface area contributed by atoms with E-state index < -0.39 is 25.9 Å². The van der Waals surface area contributed by atoms with Crippen LogP contribution in [0, 0.1) is 5.41 Å². The molecular weight excluding hydrogens is 490 g/mol. The average molecular weight is 508 g/mol. The first kappa shape index (κ1) is 20.7. The number of hydrogen-bond acceptors (Lipinski definition) is 8. The van der Waals surface area contributed by atoms with E-state index in [0.29, 0.717) is 42.1 Å². The molecule has 4 fully saturated rings. The van der Waals surface area contributed by atoms with Crippen molar-refractivity contribution in [3.8, 4) is 0 Å². The van der Waals surface area contributed by atoms with Crippen molar-refractivity contribution < 1.29 is 18.0 Å². The summed E-state index contributed by atoms with van der Waals surface area (Å²) in [5.41, 5.74) is 0.307. The molecule has 1 N–H and O–H groups in total. The summed E-state index contributed by atoms with van der Waals surface area (Å²) in [6.07, 6.45) is 5.63. The van der Waals surface area contributed by atoms with E-state index in [2.05, 4.69) is 10.3 Å². The Morgan fingerprint density at radius 2 is 1.84 bits per heavy atom. The molecule has 0 saturated heterocycles. The highest BCUT2D eigenvalue weighted by Crippen LogP contribution is 2.74. The maximum atomic E-state index is 12.9. The summed E-state index contributed by atoms with van der Waals surface area (Å²) < 4.78 is 24.2. The van der Waals surface area contributed by atoms with Crippen LogP contribution in [0.1, 0.15) is 51.8 Å². The number of imide groups is 1. The van der Waals surface area contributed by atoms with Gasteiger partial charge in [0.2, 0.25) is 5.91 Å². The highest BCUT2D eigenvalue weighted by molar-refractivity contribution is 7.92. The zero-order chi connectivity index (χ0) is 22.5. The molecule has 0 atom stereocenters. The van der Waals surface area contributed by atoms with Crippen LogP contribution in [0.4, 0.5) is 0 Å². The number of carbonyl (C=O) groups excluding carboxylic acids is 2. The molecule has 0 spiro atoms. The van der Waals surface area contributed by atoms with Crippen LogP contribution in [-0.4, -0.2) is 36.5 Å².